The summed E-state index contributed by atoms with van der Waals surface area (Å²) in [5.74, 6) is -2.27. The highest BCUT2D eigenvalue weighted by Gasteiger charge is 2.38. The molecular formula is C8H5F5N2O4. The summed E-state index contributed by atoms with van der Waals surface area (Å²) in [6.45, 7) is 0. The maximum absolute atomic E-state index is 12.6. The molecule has 1 heterocycles. The normalized spacial score (nSPS) is 11.5. The van der Waals surface area contributed by atoms with Crippen molar-refractivity contribution in [2.45, 2.75) is 12.8 Å². The van der Waals surface area contributed by atoms with Crippen LogP contribution in [-0.4, -0.2) is 23.4 Å². The molecule has 0 amide bonds. The fourth-order valence-electron chi connectivity index (χ4n) is 1.15. The molecule has 0 spiro atoms. The SMILES string of the molecule is COc1cc(C(F)F)c([N+](=O)[O-])c(OC(F)(F)F)n1. The third-order valence-corrected chi connectivity index (χ3v) is 1.81. The Morgan fingerprint density at radius 2 is 2.00 bits per heavy atom. The molecule has 0 radical (unpaired) electrons. The number of nitrogens with zero attached hydrogens (tertiary/aromatic N) is 2. The monoisotopic (exact) mass is 288 g/mol. The van der Waals surface area contributed by atoms with Gasteiger partial charge in [0.1, 0.15) is 5.56 Å². The van der Waals surface area contributed by atoms with Gasteiger partial charge in [-0.2, -0.15) is 4.98 Å². The molecule has 6 nitrogen and oxygen atoms in total. The fraction of sp³-hybridized carbons (Fsp3) is 0.375. The summed E-state index contributed by atoms with van der Waals surface area (Å²) in [6, 6.07) is 0.464. The number of nitro groups is 1. The van der Waals surface area contributed by atoms with Gasteiger partial charge in [-0.15, -0.1) is 13.2 Å². The molecule has 0 aromatic carbocycles. The van der Waals surface area contributed by atoms with E-state index in [1.165, 1.54) is 0 Å². The van der Waals surface area contributed by atoms with Crippen molar-refractivity contribution < 1.29 is 36.3 Å². The number of alkyl halides is 5. The smallest absolute Gasteiger partial charge is 0.481 e. The summed E-state index contributed by atoms with van der Waals surface area (Å²) in [5.41, 5.74) is -2.84. The largest absolute Gasteiger partial charge is 0.574 e. The number of hydrogen-bond acceptors (Lipinski definition) is 5. The Bertz CT molecular complexity index is 491. The van der Waals surface area contributed by atoms with Crippen molar-refractivity contribution in [3.63, 3.8) is 0 Å². The molecule has 106 valence electrons. The Kier molecular flexibility index (Phi) is 4.07. The van der Waals surface area contributed by atoms with Gasteiger partial charge in [0.05, 0.1) is 12.0 Å². The van der Waals surface area contributed by atoms with Crippen LogP contribution in [0.3, 0.4) is 0 Å². The van der Waals surface area contributed by atoms with Crippen molar-refractivity contribution in [2.24, 2.45) is 0 Å². The quantitative estimate of drug-likeness (QED) is 0.484. The van der Waals surface area contributed by atoms with Crippen LogP contribution in [0, 0.1) is 10.1 Å². The zero-order valence-electron chi connectivity index (χ0n) is 9.07. The molecule has 19 heavy (non-hydrogen) atoms. The van der Waals surface area contributed by atoms with E-state index in [1.54, 1.807) is 0 Å². The van der Waals surface area contributed by atoms with Gasteiger partial charge in [0.2, 0.25) is 5.88 Å². The molecule has 0 aliphatic heterocycles. The summed E-state index contributed by atoms with van der Waals surface area (Å²) < 4.78 is 68.9. The predicted molar refractivity (Wildman–Crippen MR) is 49.1 cm³/mol. The molecule has 0 aliphatic rings. The van der Waals surface area contributed by atoms with E-state index in [0.717, 1.165) is 7.11 Å². The van der Waals surface area contributed by atoms with Crippen LogP contribution in [0.5, 0.6) is 11.8 Å². The van der Waals surface area contributed by atoms with Gasteiger partial charge in [0, 0.05) is 6.07 Å². The summed E-state index contributed by atoms with van der Waals surface area (Å²) >= 11 is 0. The molecule has 1 aromatic heterocycles. The van der Waals surface area contributed by atoms with Gasteiger partial charge in [-0.3, -0.25) is 10.1 Å². The molecule has 0 atom stereocenters. The second-order valence-corrected chi connectivity index (χ2v) is 3.01. The lowest BCUT2D eigenvalue weighted by Gasteiger charge is -2.11. The Labute approximate surface area is 101 Å². The Morgan fingerprint density at radius 1 is 1.42 bits per heavy atom. The molecule has 0 fully saturated rings. The summed E-state index contributed by atoms with van der Waals surface area (Å²) in [6.07, 6.45) is -8.71. The molecule has 0 saturated carbocycles. The lowest BCUT2D eigenvalue weighted by Crippen LogP contribution is -2.19. The predicted octanol–water partition coefficient (Wildman–Crippen LogP) is 2.83. The topological polar surface area (TPSA) is 74.5 Å². The Balaban J connectivity index is 3.48. The molecule has 0 bridgehead atoms. The lowest BCUT2D eigenvalue weighted by molar-refractivity contribution is -0.390. The van der Waals surface area contributed by atoms with Crippen LogP contribution in [0.1, 0.15) is 12.0 Å². The second kappa shape index (κ2) is 5.20. The number of hydrogen-bond donors (Lipinski definition) is 0. The van der Waals surface area contributed by atoms with Crippen molar-refractivity contribution in [3.05, 3.63) is 21.7 Å². The van der Waals surface area contributed by atoms with Gasteiger partial charge in [0.25, 0.3) is 6.43 Å². The van der Waals surface area contributed by atoms with Crippen LogP contribution < -0.4 is 9.47 Å². The minimum atomic E-state index is -5.32. The number of aromatic nitrogens is 1. The van der Waals surface area contributed by atoms with Crippen LogP contribution >= 0.6 is 0 Å². The van der Waals surface area contributed by atoms with E-state index in [0.29, 0.717) is 6.07 Å². The number of ether oxygens (including phenoxy) is 2. The first-order valence-electron chi connectivity index (χ1n) is 4.43. The molecule has 0 unspecified atom stereocenters. The summed E-state index contributed by atoms with van der Waals surface area (Å²) in [7, 11) is 0.945. The van der Waals surface area contributed by atoms with Crippen molar-refractivity contribution in [1.29, 1.82) is 0 Å². The fourth-order valence-corrected chi connectivity index (χ4v) is 1.15. The average Bonchev–Trinajstić information content (AvgIpc) is 2.24. The van der Waals surface area contributed by atoms with Crippen LogP contribution in [0.4, 0.5) is 27.6 Å². The van der Waals surface area contributed by atoms with E-state index in [4.69, 9.17) is 0 Å². The molecular weight excluding hydrogens is 283 g/mol. The number of halogens is 5. The Hall–Kier alpha value is -2.20. The maximum Gasteiger partial charge on any atom is 0.574 e. The third kappa shape index (κ3) is 3.63. The number of pyridine rings is 1. The first kappa shape index (κ1) is 14.9. The molecule has 11 heteroatoms. The summed E-state index contributed by atoms with van der Waals surface area (Å²) in [4.78, 5) is 12.1. The van der Waals surface area contributed by atoms with Gasteiger partial charge in [-0.05, 0) is 0 Å². The zero-order valence-corrected chi connectivity index (χ0v) is 9.07. The van der Waals surface area contributed by atoms with Gasteiger partial charge in [0.15, 0.2) is 0 Å². The van der Waals surface area contributed by atoms with E-state index in [2.05, 4.69) is 14.5 Å². The first-order valence-corrected chi connectivity index (χ1v) is 4.43. The van der Waals surface area contributed by atoms with Crippen molar-refractivity contribution >= 4 is 5.69 Å². The lowest BCUT2D eigenvalue weighted by atomic mass is 10.2. The number of methoxy groups -OCH3 is 1. The molecule has 0 aliphatic carbocycles. The highest BCUT2D eigenvalue weighted by atomic mass is 19.4. The van der Waals surface area contributed by atoms with Crippen molar-refractivity contribution in [2.75, 3.05) is 7.11 Å². The minimum absolute atomic E-state index is 0.464. The minimum Gasteiger partial charge on any atom is -0.481 e. The first-order chi connectivity index (χ1) is 8.65. The third-order valence-electron chi connectivity index (χ3n) is 1.81. The molecule has 0 saturated heterocycles. The van der Waals surface area contributed by atoms with Gasteiger partial charge in [-0.1, -0.05) is 0 Å². The van der Waals surface area contributed by atoms with Crippen LogP contribution in [0.15, 0.2) is 6.07 Å². The van der Waals surface area contributed by atoms with Crippen LogP contribution in [0.25, 0.3) is 0 Å². The van der Waals surface area contributed by atoms with Crippen LogP contribution in [0.2, 0.25) is 0 Å². The highest BCUT2D eigenvalue weighted by Crippen LogP contribution is 2.39. The van der Waals surface area contributed by atoms with Crippen LogP contribution in [-0.2, 0) is 0 Å². The Morgan fingerprint density at radius 3 is 2.37 bits per heavy atom. The molecule has 1 rings (SSSR count). The second-order valence-electron chi connectivity index (χ2n) is 3.01. The standard InChI is InChI=1S/C8H5F5N2O4/c1-18-4-2-3(6(9)10)5(15(16)17)7(14-4)19-8(11,12)13/h2,6H,1H3. The van der Waals surface area contributed by atoms with Crippen molar-refractivity contribution in [3.8, 4) is 11.8 Å². The molecule has 0 N–H and O–H groups in total. The van der Waals surface area contributed by atoms with E-state index in [1.807, 2.05) is 0 Å². The molecule has 1 aromatic rings. The maximum atomic E-state index is 12.6. The zero-order chi connectivity index (χ0) is 14.8. The average molecular weight is 288 g/mol. The van der Waals surface area contributed by atoms with Gasteiger partial charge < -0.3 is 9.47 Å². The van der Waals surface area contributed by atoms with E-state index in [-0.39, 0.29) is 0 Å². The summed E-state index contributed by atoms with van der Waals surface area (Å²) in [5, 5.41) is 10.6. The van der Waals surface area contributed by atoms with Gasteiger partial charge in [-0.25, -0.2) is 8.78 Å². The highest BCUT2D eigenvalue weighted by molar-refractivity contribution is 5.51. The van der Waals surface area contributed by atoms with E-state index >= 15 is 0 Å². The van der Waals surface area contributed by atoms with E-state index in [9.17, 15) is 32.1 Å². The van der Waals surface area contributed by atoms with Crippen molar-refractivity contribution in [1.82, 2.24) is 4.98 Å². The van der Waals surface area contributed by atoms with E-state index < -0.39 is 40.7 Å². The van der Waals surface area contributed by atoms with Gasteiger partial charge >= 0.3 is 17.9 Å². The number of rotatable bonds is 4.